The Morgan fingerprint density at radius 1 is 1.40 bits per heavy atom. The monoisotopic (exact) mass is 170 g/mol. The van der Waals surface area contributed by atoms with Crippen LogP contribution in [0.25, 0.3) is 0 Å². The van der Waals surface area contributed by atoms with Crippen LogP contribution in [0, 0.1) is 5.92 Å². The van der Waals surface area contributed by atoms with Crippen LogP contribution < -0.4 is 56.5 Å². The van der Waals surface area contributed by atoms with Gasteiger partial charge in [0, 0.05) is 11.9 Å². The molecule has 0 bridgehead atoms. The molecule has 0 amide bonds. The van der Waals surface area contributed by atoms with E-state index in [-0.39, 0.29) is 71.4 Å². The summed E-state index contributed by atoms with van der Waals surface area (Å²) in [5, 5.41) is 10.1. The SMILES string of the molecule is O=C([O-])C1COCOC1.[K+]. The Labute approximate surface area is 101 Å². The summed E-state index contributed by atoms with van der Waals surface area (Å²) in [6, 6.07) is 0. The first kappa shape index (κ1) is 11.0. The van der Waals surface area contributed by atoms with E-state index < -0.39 is 11.9 Å². The predicted molar refractivity (Wildman–Crippen MR) is 25.3 cm³/mol. The summed E-state index contributed by atoms with van der Waals surface area (Å²) in [4.78, 5) is 10.1. The van der Waals surface area contributed by atoms with Crippen molar-refractivity contribution in [3.8, 4) is 0 Å². The van der Waals surface area contributed by atoms with Crippen LogP contribution in [0.15, 0.2) is 0 Å². The Morgan fingerprint density at radius 3 is 2.20 bits per heavy atom. The third-order valence-electron chi connectivity index (χ3n) is 1.14. The number of ether oxygens (including phenoxy) is 2. The minimum absolute atomic E-state index is 0. The van der Waals surface area contributed by atoms with Gasteiger partial charge in [-0.15, -0.1) is 0 Å². The van der Waals surface area contributed by atoms with Crippen molar-refractivity contribution in [2.75, 3.05) is 20.0 Å². The van der Waals surface area contributed by atoms with Crippen molar-refractivity contribution >= 4 is 5.97 Å². The zero-order valence-corrected chi connectivity index (χ0v) is 8.95. The first-order valence-electron chi connectivity index (χ1n) is 2.67. The molecule has 1 fully saturated rings. The van der Waals surface area contributed by atoms with Gasteiger partial charge in [-0.25, -0.2) is 0 Å². The standard InChI is InChI=1S/C5H8O4.K/c6-5(7)4-1-8-3-9-2-4;/h4H,1-3H2,(H,6,7);/q;+1/p-1. The van der Waals surface area contributed by atoms with Crippen LogP contribution in [-0.2, 0) is 14.3 Å². The quantitative estimate of drug-likeness (QED) is 0.371. The van der Waals surface area contributed by atoms with Gasteiger partial charge >= 0.3 is 51.4 Å². The fourth-order valence-electron chi connectivity index (χ4n) is 0.624. The summed E-state index contributed by atoms with van der Waals surface area (Å²) < 4.78 is 9.40. The molecular formula is C5H7KO4. The number of carbonyl (C=O) groups is 1. The minimum Gasteiger partial charge on any atom is -0.550 e. The van der Waals surface area contributed by atoms with Gasteiger partial charge in [0.15, 0.2) is 0 Å². The zero-order valence-electron chi connectivity index (χ0n) is 5.83. The van der Waals surface area contributed by atoms with E-state index in [4.69, 9.17) is 9.47 Å². The molecule has 5 heteroatoms. The van der Waals surface area contributed by atoms with Crippen LogP contribution in [-0.4, -0.2) is 26.0 Å². The van der Waals surface area contributed by atoms with Gasteiger partial charge in [-0.2, -0.15) is 0 Å². The fourth-order valence-corrected chi connectivity index (χ4v) is 0.624. The molecule has 0 N–H and O–H groups in total. The van der Waals surface area contributed by atoms with Gasteiger partial charge in [-0.05, 0) is 0 Å². The normalized spacial score (nSPS) is 19.6. The van der Waals surface area contributed by atoms with Gasteiger partial charge in [0.25, 0.3) is 0 Å². The van der Waals surface area contributed by atoms with Crippen molar-refractivity contribution in [1.82, 2.24) is 0 Å². The van der Waals surface area contributed by atoms with Crippen LogP contribution >= 0.6 is 0 Å². The number of rotatable bonds is 1. The van der Waals surface area contributed by atoms with Crippen molar-refractivity contribution in [3.05, 3.63) is 0 Å². The van der Waals surface area contributed by atoms with Gasteiger partial charge in [0.05, 0.1) is 13.2 Å². The molecule has 0 radical (unpaired) electrons. The molecule has 0 aliphatic carbocycles. The Bertz CT molecular complexity index is 110. The Hall–Kier alpha value is 1.03. The molecular weight excluding hydrogens is 163 g/mol. The third-order valence-corrected chi connectivity index (χ3v) is 1.14. The average molecular weight is 170 g/mol. The number of hydrogen-bond acceptors (Lipinski definition) is 4. The van der Waals surface area contributed by atoms with E-state index in [0.717, 1.165) is 0 Å². The van der Waals surface area contributed by atoms with E-state index in [9.17, 15) is 9.90 Å². The van der Waals surface area contributed by atoms with E-state index in [2.05, 4.69) is 0 Å². The Kier molecular flexibility index (Phi) is 6.23. The maximum absolute atomic E-state index is 10.1. The Morgan fingerprint density at radius 2 is 1.90 bits per heavy atom. The number of aliphatic carboxylic acids is 1. The van der Waals surface area contributed by atoms with E-state index in [1.54, 1.807) is 0 Å². The second-order valence-electron chi connectivity index (χ2n) is 1.88. The fraction of sp³-hybridized carbons (Fsp3) is 0.800. The van der Waals surface area contributed by atoms with E-state index >= 15 is 0 Å². The van der Waals surface area contributed by atoms with E-state index in [1.165, 1.54) is 0 Å². The molecule has 0 unspecified atom stereocenters. The topological polar surface area (TPSA) is 58.6 Å². The maximum Gasteiger partial charge on any atom is 1.00 e. The average Bonchev–Trinajstić information content (AvgIpc) is 1.90. The summed E-state index contributed by atoms with van der Waals surface area (Å²) in [6.07, 6.45) is 0. The number of carboxylic acids is 1. The van der Waals surface area contributed by atoms with Crippen molar-refractivity contribution in [2.24, 2.45) is 5.92 Å². The predicted octanol–water partition coefficient (Wildman–Crippen LogP) is -4.64. The second-order valence-corrected chi connectivity index (χ2v) is 1.88. The number of carboxylic acid groups (broad SMARTS) is 1. The molecule has 1 aliphatic rings. The molecule has 0 spiro atoms. The molecule has 0 aromatic rings. The first-order chi connectivity index (χ1) is 4.30. The zero-order chi connectivity index (χ0) is 6.69. The summed E-state index contributed by atoms with van der Waals surface area (Å²) in [6.45, 7) is 0.619. The number of carbonyl (C=O) groups excluding carboxylic acids is 1. The van der Waals surface area contributed by atoms with Crippen LogP contribution in [0.4, 0.5) is 0 Å². The second kappa shape index (κ2) is 5.65. The summed E-state index contributed by atoms with van der Waals surface area (Å²) in [5.74, 6) is -1.69. The molecule has 10 heavy (non-hydrogen) atoms. The van der Waals surface area contributed by atoms with Gasteiger partial charge in [-0.1, -0.05) is 0 Å². The van der Waals surface area contributed by atoms with E-state index in [0.29, 0.717) is 0 Å². The third kappa shape index (κ3) is 3.43. The van der Waals surface area contributed by atoms with Crippen LogP contribution in [0.5, 0.6) is 0 Å². The van der Waals surface area contributed by atoms with Crippen molar-refractivity contribution < 1.29 is 70.8 Å². The minimum atomic E-state index is -1.10. The molecule has 4 nitrogen and oxygen atoms in total. The summed E-state index contributed by atoms with van der Waals surface area (Å²) in [5.41, 5.74) is 0. The molecule has 0 aromatic heterocycles. The molecule has 1 rings (SSSR count). The van der Waals surface area contributed by atoms with Crippen molar-refractivity contribution in [2.45, 2.75) is 0 Å². The molecule has 0 atom stereocenters. The molecule has 0 aromatic carbocycles. The summed E-state index contributed by atoms with van der Waals surface area (Å²) in [7, 11) is 0. The van der Waals surface area contributed by atoms with Crippen molar-refractivity contribution in [1.29, 1.82) is 0 Å². The Balaban J connectivity index is 0.000000810. The summed E-state index contributed by atoms with van der Waals surface area (Å²) >= 11 is 0. The molecule has 1 heterocycles. The van der Waals surface area contributed by atoms with Crippen LogP contribution in [0.3, 0.4) is 0 Å². The van der Waals surface area contributed by atoms with Gasteiger partial charge in [0.1, 0.15) is 6.79 Å². The van der Waals surface area contributed by atoms with Crippen LogP contribution in [0.2, 0.25) is 0 Å². The smallest absolute Gasteiger partial charge is 0.550 e. The largest absolute Gasteiger partial charge is 1.00 e. The number of hydrogen-bond donors (Lipinski definition) is 0. The first-order valence-corrected chi connectivity index (χ1v) is 2.67. The van der Waals surface area contributed by atoms with Gasteiger partial charge in [0.2, 0.25) is 0 Å². The molecule has 1 saturated heterocycles. The molecule has 52 valence electrons. The van der Waals surface area contributed by atoms with Gasteiger partial charge in [-0.3, -0.25) is 0 Å². The molecule has 0 saturated carbocycles. The van der Waals surface area contributed by atoms with Gasteiger partial charge < -0.3 is 19.4 Å². The van der Waals surface area contributed by atoms with E-state index in [1.807, 2.05) is 0 Å². The maximum atomic E-state index is 10.1. The van der Waals surface area contributed by atoms with Crippen molar-refractivity contribution in [3.63, 3.8) is 0 Å². The molecule has 1 aliphatic heterocycles. The van der Waals surface area contributed by atoms with Crippen LogP contribution in [0.1, 0.15) is 0 Å².